The Morgan fingerprint density at radius 3 is 2.33 bits per heavy atom. The number of primary amides is 1. The van der Waals surface area contributed by atoms with Crippen molar-refractivity contribution in [3.05, 3.63) is 53.9 Å². The average Bonchev–Trinajstić information content (AvgIpc) is 2.65. The summed E-state index contributed by atoms with van der Waals surface area (Å²) in [6, 6.07) is 6.15. The highest BCUT2D eigenvalue weighted by Gasteiger charge is 2.47. The summed E-state index contributed by atoms with van der Waals surface area (Å²) < 4.78 is 42.3. The van der Waals surface area contributed by atoms with Crippen LogP contribution in [-0.4, -0.2) is 34.6 Å². The van der Waals surface area contributed by atoms with E-state index < -0.39 is 30.7 Å². The SMILES string of the molecule is Cc1ccncc1-c1ccc([C@H](N(CC#N)[C@@H](CC(C)C)C(N)=O)C(F)(F)F)cc1. The van der Waals surface area contributed by atoms with E-state index in [-0.39, 0.29) is 17.9 Å². The molecular weight excluding hydrogens is 393 g/mol. The molecule has 0 fully saturated rings. The molecule has 1 heterocycles. The number of nitriles is 1. The largest absolute Gasteiger partial charge is 0.408 e. The van der Waals surface area contributed by atoms with Crippen molar-refractivity contribution in [1.29, 1.82) is 5.26 Å². The summed E-state index contributed by atoms with van der Waals surface area (Å²) in [6.45, 7) is 4.89. The predicted octanol–water partition coefficient (Wildman–Crippen LogP) is 4.39. The van der Waals surface area contributed by atoms with Crippen molar-refractivity contribution in [3.8, 4) is 17.2 Å². The molecule has 1 amide bonds. The second kappa shape index (κ2) is 9.72. The lowest BCUT2D eigenvalue weighted by molar-refractivity contribution is -0.192. The van der Waals surface area contributed by atoms with E-state index in [1.165, 1.54) is 12.1 Å². The molecule has 2 rings (SSSR count). The number of hydrogen-bond acceptors (Lipinski definition) is 4. The summed E-state index contributed by atoms with van der Waals surface area (Å²) in [6.07, 6.45) is -1.28. The van der Waals surface area contributed by atoms with E-state index in [2.05, 4.69) is 4.98 Å². The number of nitrogens with two attached hydrogens (primary N) is 1. The fourth-order valence-corrected chi connectivity index (χ4v) is 3.50. The monoisotopic (exact) mass is 418 g/mol. The molecule has 2 atom stereocenters. The first kappa shape index (κ1) is 23.4. The van der Waals surface area contributed by atoms with Crippen LogP contribution in [0.5, 0.6) is 0 Å². The van der Waals surface area contributed by atoms with Crippen LogP contribution in [0.3, 0.4) is 0 Å². The summed E-state index contributed by atoms with van der Waals surface area (Å²) in [5, 5.41) is 9.17. The van der Waals surface area contributed by atoms with E-state index >= 15 is 0 Å². The summed E-state index contributed by atoms with van der Waals surface area (Å²) >= 11 is 0. The maximum atomic E-state index is 14.1. The maximum Gasteiger partial charge on any atom is 0.408 e. The number of hydrogen-bond donors (Lipinski definition) is 1. The van der Waals surface area contributed by atoms with Crippen molar-refractivity contribution < 1.29 is 18.0 Å². The lowest BCUT2D eigenvalue weighted by Gasteiger charge is -2.37. The molecule has 0 spiro atoms. The average molecular weight is 418 g/mol. The van der Waals surface area contributed by atoms with Gasteiger partial charge in [0, 0.05) is 18.0 Å². The zero-order valence-corrected chi connectivity index (χ0v) is 17.1. The zero-order chi connectivity index (χ0) is 22.5. The lowest BCUT2D eigenvalue weighted by Crippen LogP contribution is -2.51. The number of alkyl halides is 3. The Balaban J connectivity index is 2.51. The number of carbonyl (C=O) groups is 1. The van der Waals surface area contributed by atoms with Crippen LogP contribution in [0.4, 0.5) is 13.2 Å². The van der Waals surface area contributed by atoms with Crippen molar-refractivity contribution >= 4 is 5.91 Å². The molecule has 2 aromatic rings. The molecule has 2 N–H and O–H groups in total. The molecule has 8 heteroatoms. The standard InChI is InChI=1S/C22H25F3N4O/c1-14(2)12-19(21(27)30)29(11-9-26)20(22(23,24)25)17-6-4-16(5-7-17)18-13-28-10-8-15(18)3/h4-8,10,13-14,19-20H,11-12H2,1-3H3,(H2,27,30)/t19-,20-/m0/s1. The van der Waals surface area contributed by atoms with Gasteiger partial charge >= 0.3 is 6.18 Å². The summed E-state index contributed by atoms with van der Waals surface area (Å²) in [5.41, 5.74) is 7.86. The Morgan fingerprint density at radius 2 is 1.87 bits per heavy atom. The minimum Gasteiger partial charge on any atom is -0.368 e. The molecule has 0 aliphatic heterocycles. The number of carbonyl (C=O) groups excluding carboxylic acids is 1. The molecule has 0 bridgehead atoms. The van der Waals surface area contributed by atoms with Gasteiger partial charge in [-0.1, -0.05) is 38.1 Å². The fraction of sp³-hybridized carbons (Fsp3) is 0.409. The summed E-state index contributed by atoms with van der Waals surface area (Å²) in [7, 11) is 0. The number of nitrogens with zero attached hydrogens (tertiary/aromatic N) is 3. The number of aromatic nitrogens is 1. The van der Waals surface area contributed by atoms with Crippen LogP contribution in [0, 0.1) is 24.2 Å². The third-order valence-electron chi connectivity index (χ3n) is 4.89. The van der Waals surface area contributed by atoms with E-state index in [4.69, 9.17) is 11.0 Å². The van der Waals surface area contributed by atoms with Crippen molar-refractivity contribution in [2.45, 2.75) is 45.5 Å². The maximum absolute atomic E-state index is 14.1. The summed E-state index contributed by atoms with van der Waals surface area (Å²) in [4.78, 5) is 16.9. The number of halogens is 3. The van der Waals surface area contributed by atoms with Crippen molar-refractivity contribution in [2.75, 3.05) is 6.54 Å². The number of rotatable bonds is 8. The van der Waals surface area contributed by atoms with Gasteiger partial charge < -0.3 is 5.73 Å². The Kier molecular flexibility index (Phi) is 7.57. The Morgan fingerprint density at radius 1 is 1.23 bits per heavy atom. The predicted molar refractivity (Wildman–Crippen MR) is 108 cm³/mol. The van der Waals surface area contributed by atoms with Gasteiger partial charge in [-0.2, -0.15) is 18.4 Å². The quantitative estimate of drug-likeness (QED) is 0.645. The third kappa shape index (κ3) is 5.57. The minimum absolute atomic E-state index is 0.0574. The molecule has 160 valence electrons. The summed E-state index contributed by atoms with van der Waals surface area (Å²) in [5.74, 6) is -0.954. The van der Waals surface area contributed by atoms with Crippen molar-refractivity contribution in [1.82, 2.24) is 9.88 Å². The number of benzene rings is 1. The number of aryl methyl sites for hydroxylation is 1. The molecular formula is C22H25F3N4O. The Hall–Kier alpha value is -2.92. The first-order chi connectivity index (χ1) is 14.1. The van der Waals surface area contributed by atoms with Gasteiger partial charge in [-0.25, -0.2) is 0 Å². The molecule has 0 saturated heterocycles. The first-order valence-corrected chi connectivity index (χ1v) is 9.56. The molecule has 0 radical (unpaired) electrons. The van der Waals surface area contributed by atoms with Crippen LogP contribution in [0.1, 0.15) is 37.4 Å². The first-order valence-electron chi connectivity index (χ1n) is 9.56. The van der Waals surface area contributed by atoms with Gasteiger partial charge in [-0.15, -0.1) is 0 Å². The molecule has 1 aromatic heterocycles. The zero-order valence-electron chi connectivity index (χ0n) is 17.1. The Bertz CT molecular complexity index is 904. The Labute approximate surface area is 174 Å². The van der Waals surface area contributed by atoms with Gasteiger partial charge in [0.2, 0.25) is 5.91 Å². The molecule has 0 saturated carbocycles. The number of amides is 1. The molecule has 0 unspecified atom stereocenters. The molecule has 0 aliphatic carbocycles. The lowest BCUT2D eigenvalue weighted by atomic mass is 9.95. The third-order valence-corrected chi connectivity index (χ3v) is 4.89. The highest BCUT2D eigenvalue weighted by molar-refractivity contribution is 5.80. The molecule has 30 heavy (non-hydrogen) atoms. The van der Waals surface area contributed by atoms with Crippen LogP contribution in [0.2, 0.25) is 0 Å². The number of pyridine rings is 1. The van der Waals surface area contributed by atoms with E-state index in [1.54, 1.807) is 44.4 Å². The van der Waals surface area contributed by atoms with Crippen LogP contribution in [0.25, 0.3) is 11.1 Å². The van der Waals surface area contributed by atoms with Gasteiger partial charge in [0.1, 0.15) is 6.04 Å². The highest BCUT2D eigenvalue weighted by Crippen LogP contribution is 2.40. The van der Waals surface area contributed by atoms with Crippen LogP contribution >= 0.6 is 0 Å². The van der Waals surface area contributed by atoms with Crippen LogP contribution in [0.15, 0.2) is 42.7 Å². The van der Waals surface area contributed by atoms with E-state index in [9.17, 15) is 18.0 Å². The van der Waals surface area contributed by atoms with E-state index in [0.717, 1.165) is 21.6 Å². The van der Waals surface area contributed by atoms with Gasteiger partial charge in [-0.3, -0.25) is 14.7 Å². The van der Waals surface area contributed by atoms with Crippen molar-refractivity contribution in [2.24, 2.45) is 11.7 Å². The fourth-order valence-electron chi connectivity index (χ4n) is 3.50. The molecule has 5 nitrogen and oxygen atoms in total. The molecule has 1 aromatic carbocycles. The topological polar surface area (TPSA) is 83.0 Å². The van der Waals surface area contributed by atoms with Gasteiger partial charge in [0.15, 0.2) is 0 Å². The van der Waals surface area contributed by atoms with Crippen molar-refractivity contribution in [3.63, 3.8) is 0 Å². The second-order valence-electron chi connectivity index (χ2n) is 7.63. The van der Waals surface area contributed by atoms with E-state index in [1.807, 2.05) is 13.0 Å². The minimum atomic E-state index is -4.70. The van der Waals surface area contributed by atoms with Gasteiger partial charge in [-0.05, 0) is 42.0 Å². The van der Waals surface area contributed by atoms with Gasteiger partial charge in [0.05, 0.1) is 18.7 Å². The van der Waals surface area contributed by atoms with E-state index in [0.29, 0.717) is 0 Å². The van der Waals surface area contributed by atoms with Gasteiger partial charge in [0.25, 0.3) is 0 Å². The smallest absolute Gasteiger partial charge is 0.368 e. The van der Waals surface area contributed by atoms with Crippen LogP contribution in [-0.2, 0) is 4.79 Å². The molecule has 0 aliphatic rings. The highest BCUT2D eigenvalue weighted by atomic mass is 19.4. The second-order valence-corrected chi connectivity index (χ2v) is 7.63. The van der Waals surface area contributed by atoms with Crippen LogP contribution < -0.4 is 5.73 Å². The normalized spacial score (nSPS) is 13.8.